The lowest BCUT2D eigenvalue weighted by Crippen LogP contribution is -2.35. The topological polar surface area (TPSA) is 73.2 Å². The molecule has 1 aromatic heterocycles. The van der Waals surface area contributed by atoms with Crippen molar-refractivity contribution in [2.75, 3.05) is 7.11 Å². The van der Waals surface area contributed by atoms with E-state index in [9.17, 15) is 9.59 Å². The molecular formula is C20H19N3O3. The second kappa shape index (κ2) is 8.11. The lowest BCUT2D eigenvalue weighted by Gasteiger charge is -2.17. The van der Waals surface area contributed by atoms with Crippen LogP contribution >= 0.6 is 0 Å². The Balaban J connectivity index is 1.67. The van der Waals surface area contributed by atoms with Crippen LogP contribution in [0.2, 0.25) is 0 Å². The number of hydrogen-bond acceptors (Lipinski definition) is 4. The first-order chi connectivity index (χ1) is 12.7. The summed E-state index contributed by atoms with van der Waals surface area (Å²) in [6.45, 7) is 0. The molecule has 6 heteroatoms. The Morgan fingerprint density at radius 3 is 2.42 bits per heavy atom. The lowest BCUT2D eigenvalue weighted by atomic mass is 10.1. The SMILES string of the molecule is COC(=O)C(NC(=O)Cc1ccc(-n2cccn2)cc1)c1ccccc1. The number of carbonyl (C=O) groups excluding carboxylic acids is 2. The molecule has 132 valence electrons. The van der Waals surface area contributed by atoms with Crippen LogP contribution in [0.5, 0.6) is 0 Å². The predicted octanol–water partition coefficient (Wildman–Crippen LogP) is 2.45. The van der Waals surface area contributed by atoms with E-state index in [0.717, 1.165) is 11.3 Å². The van der Waals surface area contributed by atoms with Crippen molar-refractivity contribution >= 4 is 11.9 Å². The standard InChI is InChI=1S/C20H19N3O3/c1-26-20(25)19(16-6-3-2-4-7-16)22-18(24)14-15-8-10-17(11-9-15)23-13-5-12-21-23/h2-13,19H,14H2,1H3,(H,22,24). The average molecular weight is 349 g/mol. The second-order valence-electron chi connectivity index (χ2n) is 5.73. The fraction of sp³-hybridized carbons (Fsp3) is 0.150. The highest BCUT2D eigenvalue weighted by Crippen LogP contribution is 2.15. The zero-order valence-electron chi connectivity index (χ0n) is 14.3. The van der Waals surface area contributed by atoms with Crippen LogP contribution < -0.4 is 5.32 Å². The Morgan fingerprint density at radius 1 is 1.08 bits per heavy atom. The van der Waals surface area contributed by atoms with Crippen molar-refractivity contribution in [2.45, 2.75) is 12.5 Å². The summed E-state index contributed by atoms with van der Waals surface area (Å²) >= 11 is 0. The highest BCUT2D eigenvalue weighted by molar-refractivity contribution is 5.86. The normalized spacial score (nSPS) is 11.6. The van der Waals surface area contributed by atoms with Gasteiger partial charge in [0.1, 0.15) is 0 Å². The van der Waals surface area contributed by atoms with Crippen LogP contribution in [0.1, 0.15) is 17.2 Å². The molecule has 1 heterocycles. The van der Waals surface area contributed by atoms with Gasteiger partial charge in [0, 0.05) is 12.4 Å². The van der Waals surface area contributed by atoms with Crippen molar-refractivity contribution in [2.24, 2.45) is 0 Å². The highest BCUT2D eigenvalue weighted by Gasteiger charge is 2.23. The molecule has 1 N–H and O–H groups in total. The summed E-state index contributed by atoms with van der Waals surface area (Å²) in [6, 6.07) is 17.6. The zero-order chi connectivity index (χ0) is 18.4. The number of methoxy groups -OCH3 is 1. The van der Waals surface area contributed by atoms with E-state index in [2.05, 4.69) is 10.4 Å². The summed E-state index contributed by atoms with van der Waals surface area (Å²) in [5, 5.41) is 6.91. The van der Waals surface area contributed by atoms with E-state index in [1.807, 2.05) is 54.7 Å². The van der Waals surface area contributed by atoms with Crippen molar-refractivity contribution in [3.63, 3.8) is 0 Å². The summed E-state index contributed by atoms with van der Waals surface area (Å²) in [4.78, 5) is 24.4. The molecule has 0 saturated heterocycles. The van der Waals surface area contributed by atoms with Gasteiger partial charge in [-0.05, 0) is 29.3 Å². The minimum absolute atomic E-state index is 0.166. The molecule has 0 fully saturated rings. The molecule has 0 radical (unpaired) electrons. The molecule has 3 aromatic rings. The molecular weight excluding hydrogens is 330 g/mol. The largest absolute Gasteiger partial charge is 0.467 e. The first-order valence-corrected chi connectivity index (χ1v) is 8.18. The average Bonchev–Trinajstić information content (AvgIpc) is 3.21. The summed E-state index contributed by atoms with van der Waals surface area (Å²) in [5.41, 5.74) is 2.44. The van der Waals surface area contributed by atoms with Crippen molar-refractivity contribution < 1.29 is 14.3 Å². The molecule has 0 aliphatic carbocycles. The van der Waals surface area contributed by atoms with Gasteiger partial charge in [-0.25, -0.2) is 9.48 Å². The quantitative estimate of drug-likeness (QED) is 0.694. The minimum atomic E-state index is -0.822. The van der Waals surface area contributed by atoms with Crippen LogP contribution in [0, 0.1) is 0 Å². The third-order valence-electron chi connectivity index (χ3n) is 3.95. The number of hydrogen-bond donors (Lipinski definition) is 1. The van der Waals surface area contributed by atoms with Crippen molar-refractivity contribution in [1.82, 2.24) is 15.1 Å². The number of benzene rings is 2. The van der Waals surface area contributed by atoms with Crippen molar-refractivity contribution in [3.05, 3.63) is 84.2 Å². The van der Waals surface area contributed by atoms with Gasteiger partial charge in [-0.3, -0.25) is 4.79 Å². The van der Waals surface area contributed by atoms with Gasteiger partial charge < -0.3 is 10.1 Å². The first kappa shape index (κ1) is 17.4. The third-order valence-corrected chi connectivity index (χ3v) is 3.95. The number of carbonyl (C=O) groups is 2. The number of ether oxygens (including phenoxy) is 1. The molecule has 0 aliphatic heterocycles. The number of esters is 1. The third kappa shape index (κ3) is 4.16. The number of nitrogens with zero attached hydrogens (tertiary/aromatic N) is 2. The van der Waals surface area contributed by atoms with Gasteiger partial charge in [-0.2, -0.15) is 5.10 Å². The van der Waals surface area contributed by atoms with E-state index < -0.39 is 12.0 Å². The molecule has 6 nitrogen and oxygen atoms in total. The Hall–Kier alpha value is -3.41. The number of rotatable bonds is 6. The molecule has 0 spiro atoms. The van der Waals surface area contributed by atoms with Gasteiger partial charge >= 0.3 is 5.97 Å². The van der Waals surface area contributed by atoms with E-state index in [-0.39, 0.29) is 12.3 Å². The van der Waals surface area contributed by atoms with E-state index in [4.69, 9.17) is 4.74 Å². The Kier molecular flexibility index (Phi) is 5.43. The van der Waals surface area contributed by atoms with Crippen LogP contribution in [-0.4, -0.2) is 28.8 Å². The minimum Gasteiger partial charge on any atom is -0.467 e. The predicted molar refractivity (Wildman–Crippen MR) is 96.6 cm³/mol. The van der Waals surface area contributed by atoms with E-state index in [1.54, 1.807) is 23.0 Å². The highest BCUT2D eigenvalue weighted by atomic mass is 16.5. The van der Waals surface area contributed by atoms with Crippen molar-refractivity contribution in [1.29, 1.82) is 0 Å². The summed E-state index contributed by atoms with van der Waals surface area (Å²) < 4.78 is 6.55. The van der Waals surface area contributed by atoms with Crippen LogP contribution in [0.4, 0.5) is 0 Å². The fourth-order valence-electron chi connectivity index (χ4n) is 2.63. The van der Waals surface area contributed by atoms with Crippen LogP contribution in [0.25, 0.3) is 5.69 Å². The smallest absolute Gasteiger partial charge is 0.333 e. The molecule has 0 bridgehead atoms. The fourth-order valence-corrected chi connectivity index (χ4v) is 2.63. The number of nitrogens with one attached hydrogen (secondary N) is 1. The van der Waals surface area contributed by atoms with Gasteiger partial charge in [0.25, 0.3) is 0 Å². The van der Waals surface area contributed by atoms with Gasteiger partial charge in [0.15, 0.2) is 6.04 Å². The summed E-state index contributed by atoms with van der Waals surface area (Å²) in [5.74, 6) is -0.755. The van der Waals surface area contributed by atoms with Gasteiger partial charge in [-0.15, -0.1) is 0 Å². The maximum atomic E-state index is 12.4. The summed E-state index contributed by atoms with van der Waals surface area (Å²) in [7, 11) is 1.30. The maximum absolute atomic E-state index is 12.4. The lowest BCUT2D eigenvalue weighted by molar-refractivity contribution is -0.145. The van der Waals surface area contributed by atoms with Crippen LogP contribution in [-0.2, 0) is 20.7 Å². The molecule has 1 atom stereocenters. The molecule has 0 aliphatic rings. The maximum Gasteiger partial charge on any atom is 0.333 e. The first-order valence-electron chi connectivity index (χ1n) is 8.18. The zero-order valence-corrected chi connectivity index (χ0v) is 14.3. The molecule has 3 rings (SSSR count). The van der Waals surface area contributed by atoms with E-state index in [0.29, 0.717) is 5.56 Å². The van der Waals surface area contributed by atoms with Crippen LogP contribution in [0.3, 0.4) is 0 Å². The Labute approximate surface area is 151 Å². The van der Waals surface area contributed by atoms with E-state index in [1.165, 1.54) is 7.11 Å². The van der Waals surface area contributed by atoms with Crippen LogP contribution in [0.15, 0.2) is 73.1 Å². The molecule has 1 unspecified atom stereocenters. The Morgan fingerprint density at radius 2 is 1.81 bits per heavy atom. The van der Waals surface area contributed by atoms with Gasteiger partial charge in [0.2, 0.25) is 5.91 Å². The summed E-state index contributed by atoms with van der Waals surface area (Å²) in [6.07, 6.45) is 3.72. The van der Waals surface area contributed by atoms with E-state index >= 15 is 0 Å². The van der Waals surface area contributed by atoms with Crippen molar-refractivity contribution in [3.8, 4) is 5.69 Å². The van der Waals surface area contributed by atoms with Gasteiger partial charge in [0.05, 0.1) is 19.2 Å². The molecule has 26 heavy (non-hydrogen) atoms. The Bertz CT molecular complexity index is 859. The number of amides is 1. The monoisotopic (exact) mass is 349 g/mol. The molecule has 1 amide bonds. The number of aromatic nitrogens is 2. The second-order valence-corrected chi connectivity index (χ2v) is 5.73. The van der Waals surface area contributed by atoms with Gasteiger partial charge in [-0.1, -0.05) is 42.5 Å². The molecule has 2 aromatic carbocycles. The molecule has 0 saturated carbocycles.